The van der Waals surface area contributed by atoms with Gasteiger partial charge in [0, 0.05) is 13.1 Å². The van der Waals surface area contributed by atoms with Crippen LogP contribution >= 0.6 is 0 Å². The van der Waals surface area contributed by atoms with Gasteiger partial charge in [-0.3, -0.25) is 4.79 Å². The van der Waals surface area contributed by atoms with Gasteiger partial charge in [-0.15, -0.1) is 0 Å². The maximum Gasteiger partial charge on any atom is 0.332 e. The fourth-order valence-electron chi connectivity index (χ4n) is 2.71. The van der Waals surface area contributed by atoms with E-state index in [1.807, 2.05) is 6.92 Å². The average molecular weight is 270 g/mol. The van der Waals surface area contributed by atoms with Crippen LogP contribution in [0.2, 0.25) is 0 Å². The fourth-order valence-corrected chi connectivity index (χ4v) is 2.71. The van der Waals surface area contributed by atoms with E-state index in [9.17, 15) is 9.59 Å². The summed E-state index contributed by atoms with van der Waals surface area (Å²) in [4.78, 5) is 22.9. The van der Waals surface area contributed by atoms with Gasteiger partial charge in [-0.1, -0.05) is 0 Å². The average Bonchev–Trinajstić information content (AvgIpc) is 2.85. The number of ether oxygens (including phenoxy) is 1. The van der Waals surface area contributed by atoms with Gasteiger partial charge in [-0.05, 0) is 39.2 Å². The number of piperidine rings is 1. The summed E-state index contributed by atoms with van der Waals surface area (Å²) in [6.07, 6.45) is 2.21. The first-order valence-corrected chi connectivity index (χ1v) is 6.88. The molecule has 0 aromatic carbocycles. The topological polar surface area (TPSA) is 87.7 Å². The summed E-state index contributed by atoms with van der Waals surface area (Å²) in [6, 6.07) is 0. The molecular formula is C13H22N2O4. The monoisotopic (exact) mass is 270 g/mol. The molecule has 0 spiro atoms. The number of aliphatic carboxylic acids is 1. The first kappa shape index (κ1) is 14.3. The van der Waals surface area contributed by atoms with Crippen LogP contribution in [0.4, 0.5) is 0 Å². The molecule has 108 valence electrons. The Hall–Kier alpha value is -1.14. The van der Waals surface area contributed by atoms with Gasteiger partial charge < -0.3 is 20.5 Å². The Labute approximate surface area is 112 Å². The highest BCUT2D eigenvalue weighted by molar-refractivity contribution is 5.82. The molecule has 3 N–H and O–H groups in total. The van der Waals surface area contributed by atoms with Crippen LogP contribution in [0, 0.1) is 5.41 Å². The Balaban J connectivity index is 1.76. The number of carbonyl (C=O) groups is 2. The van der Waals surface area contributed by atoms with Crippen molar-refractivity contribution in [2.24, 2.45) is 5.41 Å². The Morgan fingerprint density at radius 2 is 2.26 bits per heavy atom. The van der Waals surface area contributed by atoms with Gasteiger partial charge in [0.2, 0.25) is 5.91 Å². The highest BCUT2D eigenvalue weighted by atomic mass is 16.5. The number of rotatable bonds is 4. The molecule has 2 aliphatic heterocycles. The van der Waals surface area contributed by atoms with E-state index in [0.717, 1.165) is 19.4 Å². The van der Waals surface area contributed by atoms with Crippen LogP contribution in [0.15, 0.2) is 0 Å². The van der Waals surface area contributed by atoms with Crippen molar-refractivity contribution in [2.45, 2.75) is 44.8 Å². The lowest BCUT2D eigenvalue weighted by molar-refractivity contribution is -0.149. The molecule has 0 aromatic rings. The largest absolute Gasteiger partial charge is 0.479 e. The first-order chi connectivity index (χ1) is 9.01. The summed E-state index contributed by atoms with van der Waals surface area (Å²) in [5.74, 6) is -0.889. The second kappa shape index (κ2) is 5.88. The second-order valence-electron chi connectivity index (χ2n) is 5.71. The minimum Gasteiger partial charge on any atom is -0.479 e. The first-order valence-electron chi connectivity index (χ1n) is 6.88. The zero-order chi connectivity index (χ0) is 13.9. The lowest BCUT2D eigenvalue weighted by atomic mass is 9.82. The summed E-state index contributed by atoms with van der Waals surface area (Å²) in [6.45, 7) is 4.03. The fraction of sp³-hybridized carbons (Fsp3) is 0.846. The minimum atomic E-state index is -0.919. The molecule has 0 saturated carbocycles. The van der Waals surface area contributed by atoms with Crippen LogP contribution in [0.25, 0.3) is 0 Å². The molecule has 2 heterocycles. The van der Waals surface area contributed by atoms with Gasteiger partial charge >= 0.3 is 5.97 Å². The zero-order valence-electron chi connectivity index (χ0n) is 11.3. The van der Waals surface area contributed by atoms with Gasteiger partial charge in [0.15, 0.2) is 6.10 Å². The molecular weight excluding hydrogens is 248 g/mol. The Kier molecular flexibility index (Phi) is 4.42. The van der Waals surface area contributed by atoms with Crippen LogP contribution in [0.3, 0.4) is 0 Å². The maximum atomic E-state index is 12.2. The van der Waals surface area contributed by atoms with Crippen molar-refractivity contribution in [3.05, 3.63) is 0 Å². The second-order valence-corrected chi connectivity index (χ2v) is 5.71. The number of nitrogens with one attached hydrogen (secondary N) is 2. The van der Waals surface area contributed by atoms with E-state index in [1.54, 1.807) is 0 Å². The quantitative estimate of drug-likeness (QED) is 0.675. The molecule has 2 aliphatic rings. The molecule has 6 nitrogen and oxygen atoms in total. The van der Waals surface area contributed by atoms with Crippen LogP contribution in [0.5, 0.6) is 0 Å². The molecule has 2 fully saturated rings. The summed E-state index contributed by atoms with van der Waals surface area (Å²) < 4.78 is 5.36. The molecule has 0 bridgehead atoms. The SMILES string of the molecule is CC1(C(=O)NCC2CCC(C(=O)O)O2)CCCNC1. The van der Waals surface area contributed by atoms with E-state index in [4.69, 9.17) is 9.84 Å². The number of carboxylic acids is 1. The van der Waals surface area contributed by atoms with Gasteiger partial charge in [0.1, 0.15) is 0 Å². The van der Waals surface area contributed by atoms with Crippen molar-refractivity contribution in [1.29, 1.82) is 0 Å². The smallest absolute Gasteiger partial charge is 0.332 e. The zero-order valence-corrected chi connectivity index (χ0v) is 11.3. The van der Waals surface area contributed by atoms with Gasteiger partial charge in [0.25, 0.3) is 0 Å². The van der Waals surface area contributed by atoms with Crippen molar-refractivity contribution >= 4 is 11.9 Å². The summed E-state index contributed by atoms with van der Waals surface area (Å²) >= 11 is 0. The number of hydrogen-bond donors (Lipinski definition) is 3. The van der Waals surface area contributed by atoms with Crippen LogP contribution in [-0.2, 0) is 14.3 Å². The standard InChI is InChI=1S/C13H22N2O4/c1-13(5-2-6-14-8-13)12(18)15-7-9-3-4-10(19-9)11(16)17/h9-10,14H,2-8H2,1H3,(H,15,18)(H,16,17). The predicted molar refractivity (Wildman–Crippen MR) is 68.8 cm³/mol. The maximum absolute atomic E-state index is 12.2. The van der Waals surface area contributed by atoms with E-state index in [2.05, 4.69) is 10.6 Å². The molecule has 3 atom stereocenters. The molecule has 0 aromatic heterocycles. The van der Waals surface area contributed by atoms with Gasteiger partial charge in [-0.2, -0.15) is 0 Å². The Bertz CT molecular complexity index is 353. The van der Waals surface area contributed by atoms with Gasteiger partial charge in [-0.25, -0.2) is 4.79 Å². The number of carboxylic acid groups (broad SMARTS) is 1. The Morgan fingerprint density at radius 3 is 2.84 bits per heavy atom. The molecule has 0 aliphatic carbocycles. The lowest BCUT2D eigenvalue weighted by Gasteiger charge is -2.33. The molecule has 2 saturated heterocycles. The number of hydrogen-bond acceptors (Lipinski definition) is 4. The normalized spacial score (nSPS) is 35.0. The number of carbonyl (C=O) groups excluding carboxylic acids is 1. The molecule has 2 rings (SSSR count). The predicted octanol–water partition coefficient (Wildman–Crippen LogP) is 0.125. The summed E-state index contributed by atoms with van der Waals surface area (Å²) in [7, 11) is 0. The van der Waals surface area contributed by atoms with Crippen molar-refractivity contribution < 1.29 is 19.4 Å². The van der Waals surface area contributed by atoms with E-state index >= 15 is 0 Å². The summed E-state index contributed by atoms with van der Waals surface area (Å²) in [5, 5.41) is 15.0. The van der Waals surface area contributed by atoms with Crippen molar-refractivity contribution in [1.82, 2.24) is 10.6 Å². The summed E-state index contributed by atoms with van der Waals surface area (Å²) in [5.41, 5.74) is -0.358. The van der Waals surface area contributed by atoms with Crippen molar-refractivity contribution in [3.63, 3.8) is 0 Å². The third-order valence-corrected chi connectivity index (χ3v) is 4.02. The molecule has 0 radical (unpaired) electrons. The Morgan fingerprint density at radius 1 is 1.47 bits per heavy atom. The van der Waals surface area contributed by atoms with Crippen LogP contribution < -0.4 is 10.6 Å². The minimum absolute atomic E-state index is 0.0297. The molecule has 1 amide bonds. The van der Waals surface area contributed by atoms with Gasteiger partial charge in [0.05, 0.1) is 11.5 Å². The lowest BCUT2D eigenvalue weighted by Crippen LogP contribution is -2.50. The van der Waals surface area contributed by atoms with E-state index in [-0.39, 0.29) is 17.4 Å². The number of amides is 1. The third-order valence-electron chi connectivity index (χ3n) is 4.02. The third kappa shape index (κ3) is 3.45. The molecule has 19 heavy (non-hydrogen) atoms. The van der Waals surface area contributed by atoms with E-state index < -0.39 is 12.1 Å². The highest BCUT2D eigenvalue weighted by Gasteiger charge is 2.36. The van der Waals surface area contributed by atoms with Crippen LogP contribution in [0.1, 0.15) is 32.6 Å². The van der Waals surface area contributed by atoms with Crippen molar-refractivity contribution in [2.75, 3.05) is 19.6 Å². The molecule has 3 unspecified atom stereocenters. The molecule has 6 heteroatoms. The van der Waals surface area contributed by atoms with Crippen molar-refractivity contribution in [3.8, 4) is 0 Å². The highest BCUT2D eigenvalue weighted by Crippen LogP contribution is 2.26. The van der Waals surface area contributed by atoms with E-state index in [0.29, 0.717) is 25.9 Å². The van der Waals surface area contributed by atoms with E-state index in [1.165, 1.54) is 0 Å². The van der Waals surface area contributed by atoms with Crippen LogP contribution in [-0.4, -0.2) is 48.8 Å².